The van der Waals surface area contributed by atoms with E-state index in [1.807, 2.05) is 0 Å². The molecule has 1 fully saturated rings. The van der Waals surface area contributed by atoms with Gasteiger partial charge < -0.3 is 4.90 Å². The first kappa shape index (κ1) is 13.5. The summed E-state index contributed by atoms with van der Waals surface area (Å²) in [6.07, 6.45) is 9.30. The monoisotopic (exact) mass is 225 g/mol. The number of rotatable bonds is 6. The molecule has 2 heteroatoms. The molecule has 0 aliphatic carbocycles. The second kappa shape index (κ2) is 7.70. The van der Waals surface area contributed by atoms with Crippen molar-refractivity contribution in [2.75, 3.05) is 13.1 Å². The Morgan fingerprint density at radius 1 is 1.12 bits per heavy atom. The minimum Gasteiger partial charge on any atom is -0.343 e. The van der Waals surface area contributed by atoms with E-state index in [1.165, 1.54) is 38.5 Å². The van der Waals surface area contributed by atoms with Crippen molar-refractivity contribution in [2.45, 2.75) is 65.2 Å². The Balaban J connectivity index is 2.13. The number of likely N-dealkylation sites (tertiary alicyclic amines) is 1. The zero-order valence-electron chi connectivity index (χ0n) is 11.0. The van der Waals surface area contributed by atoms with E-state index in [4.69, 9.17) is 0 Å². The summed E-state index contributed by atoms with van der Waals surface area (Å²) in [5.74, 6) is 1.26. The number of piperidine rings is 1. The molecule has 0 bridgehead atoms. The van der Waals surface area contributed by atoms with E-state index >= 15 is 0 Å². The van der Waals surface area contributed by atoms with Crippen LogP contribution in [0.5, 0.6) is 0 Å². The molecule has 0 unspecified atom stereocenters. The van der Waals surface area contributed by atoms with Crippen molar-refractivity contribution in [3.63, 3.8) is 0 Å². The molecular formula is C14H27NO. The van der Waals surface area contributed by atoms with Crippen LogP contribution in [0.2, 0.25) is 0 Å². The Hall–Kier alpha value is -0.530. The lowest BCUT2D eigenvalue weighted by atomic mass is 9.94. The Labute approximate surface area is 100 Å². The highest BCUT2D eigenvalue weighted by molar-refractivity contribution is 5.76. The Morgan fingerprint density at radius 3 is 2.38 bits per heavy atom. The molecule has 0 aromatic rings. The predicted molar refractivity (Wildman–Crippen MR) is 68.4 cm³/mol. The summed E-state index contributed by atoms with van der Waals surface area (Å²) in [7, 11) is 0. The molecule has 0 aromatic carbocycles. The van der Waals surface area contributed by atoms with Crippen molar-refractivity contribution in [3.8, 4) is 0 Å². The third-order valence-electron chi connectivity index (χ3n) is 3.79. The van der Waals surface area contributed by atoms with Gasteiger partial charge in [-0.3, -0.25) is 4.79 Å². The van der Waals surface area contributed by atoms with Crippen molar-refractivity contribution >= 4 is 5.91 Å². The van der Waals surface area contributed by atoms with E-state index in [0.29, 0.717) is 5.91 Å². The number of carbonyl (C=O) groups excluding carboxylic acids is 1. The molecule has 0 N–H and O–H groups in total. The maximum atomic E-state index is 11.9. The van der Waals surface area contributed by atoms with Crippen LogP contribution in [-0.4, -0.2) is 23.9 Å². The minimum absolute atomic E-state index is 0.394. The second-order valence-electron chi connectivity index (χ2n) is 5.04. The van der Waals surface area contributed by atoms with Crippen molar-refractivity contribution in [2.24, 2.45) is 5.92 Å². The molecular weight excluding hydrogens is 198 g/mol. The molecule has 1 amide bonds. The summed E-state index contributed by atoms with van der Waals surface area (Å²) in [4.78, 5) is 14.0. The number of carbonyl (C=O) groups is 1. The van der Waals surface area contributed by atoms with Crippen LogP contribution in [0.3, 0.4) is 0 Å². The number of hydrogen-bond donors (Lipinski definition) is 0. The average molecular weight is 225 g/mol. The van der Waals surface area contributed by atoms with Crippen molar-refractivity contribution < 1.29 is 4.79 Å². The molecule has 16 heavy (non-hydrogen) atoms. The largest absolute Gasteiger partial charge is 0.343 e. The lowest BCUT2D eigenvalue weighted by Crippen LogP contribution is -2.38. The van der Waals surface area contributed by atoms with Crippen molar-refractivity contribution in [1.29, 1.82) is 0 Å². The molecule has 0 spiro atoms. The van der Waals surface area contributed by atoms with Crippen LogP contribution in [0.4, 0.5) is 0 Å². The minimum atomic E-state index is 0.394. The Kier molecular flexibility index (Phi) is 6.51. The summed E-state index contributed by atoms with van der Waals surface area (Å²) in [5.41, 5.74) is 0. The topological polar surface area (TPSA) is 20.3 Å². The summed E-state index contributed by atoms with van der Waals surface area (Å²) < 4.78 is 0. The zero-order valence-corrected chi connectivity index (χ0v) is 11.0. The molecule has 0 aromatic heterocycles. The molecule has 0 saturated carbocycles. The van der Waals surface area contributed by atoms with Gasteiger partial charge in [0.05, 0.1) is 0 Å². The predicted octanol–water partition coefficient (Wildman–Crippen LogP) is 3.61. The van der Waals surface area contributed by atoms with Gasteiger partial charge in [-0.1, -0.05) is 39.5 Å². The van der Waals surface area contributed by atoms with Gasteiger partial charge >= 0.3 is 0 Å². The quantitative estimate of drug-likeness (QED) is 0.632. The fourth-order valence-corrected chi connectivity index (χ4v) is 2.45. The lowest BCUT2D eigenvalue weighted by molar-refractivity contribution is -0.132. The molecule has 1 aliphatic heterocycles. The zero-order chi connectivity index (χ0) is 11.8. The van der Waals surface area contributed by atoms with E-state index in [-0.39, 0.29) is 0 Å². The van der Waals surface area contributed by atoms with Gasteiger partial charge in [-0.15, -0.1) is 0 Å². The molecule has 1 rings (SSSR count). The van der Waals surface area contributed by atoms with Crippen LogP contribution in [0.15, 0.2) is 0 Å². The number of hydrogen-bond acceptors (Lipinski definition) is 1. The van der Waals surface area contributed by atoms with E-state index in [9.17, 15) is 4.79 Å². The van der Waals surface area contributed by atoms with Gasteiger partial charge in [0.15, 0.2) is 0 Å². The normalized spacial score (nSPS) is 17.8. The highest BCUT2D eigenvalue weighted by Crippen LogP contribution is 2.20. The SMILES string of the molecule is CCCCCCC(=O)N1CCC(CC)CC1. The molecule has 94 valence electrons. The molecule has 2 nitrogen and oxygen atoms in total. The van der Waals surface area contributed by atoms with Crippen molar-refractivity contribution in [3.05, 3.63) is 0 Å². The van der Waals surface area contributed by atoms with E-state index in [1.54, 1.807) is 0 Å². The van der Waals surface area contributed by atoms with Crippen LogP contribution in [0.1, 0.15) is 65.2 Å². The van der Waals surface area contributed by atoms with Gasteiger partial charge in [0, 0.05) is 19.5 Å². The number of nitrogens with zero attached hydrogens (tertiary/aromatic N) is 1. The maximum absolute atomic E-state index is 11.9. The maximum Gasteiger partial charge on any atom is 0.222 e. The summed E-state index contributed by atoms with van der Waals surface area (Å²) in [6.45, 7) is 6.47. The standard InChI is InChI=1S/C14H27NO/c1-3-5-6-7-8-14(16)15-11-9-13(4-2)10-12-15/h13H,3-12H2,1-2H3. The van der Waals surface area contributed by atoms with E-state index < -0.39 is 0 Å². The first-order valence-corrected chi connectivity index (χ1v) is 7.05. The van der Waals surface area contributed by atoms with Gasteiger partial charge in [-0.05, 0) is 25.2 Å². The van der Waals surface area contributed by atoms with Gasteiger partial charge in [0.25, 0.3) is 0 Å². The Bertz CT molecular complexity index is 195. The molecule has 0 atom stereocenters. The number of amides is 1. The lowest BCUT2D eigenvalue weighted by Gasteiger charge is -2.31. The highest BCUT2D eigenvalue weighted by Gasteiger charge is 2.20. The molecule has 0 radical (unpaired) electrons. The van der Waals surface area contributed by atoms with Crippen LogP contribution in [-0.2, 0) is 4.79 Å². The summed E-state index contributed by atoms with van der Waals surface area (Å²) >= 11 is 0. The fourth-order valence-electron chi connectivity index (χ4n) is 2.45. The van der Waals surface area contributed by atoms with Crippen LogP contribution >= 0.6 is 0 Å². The molecule has 1 aliphatic rings. The third kappa shape index (κ3) is 4.54. The molecule has 1 heterocycles. The van der Waals surface area contributed by atoms with Gasteiger partial charge in [0.2, 0.25) is 5.91 Å². The smallest absolute Gasteiger partial charge is 0.222 e. The average Bonchev–Trinajstić information content (AvgIpc) is 2.34. The summed E-state index contributed by atoms with van der Waals surface area (Å²) in [5, 5.41) is 0. The van der Waals surface area contributed by atoms with Crippen molar-refractivity contribution in [1.82, 2.24) is 4.90 Å². The van der Waals surface area contributed by atoms with Gasteiger partial charge in [-0.25, -0.2) is 0 Å². The third-order valence-corrected chi connectivity index (χ3v) is 3.79. The molecule has 1 saturated heterocycles. The second-order valence-corrected chi connectivity index (χ2v) is 5.04. The first-order valence-electron chi connectivity index (χ1n) is 7.05. The fraction of sp³-hybridized carbons (Fsp3) is 0.929. The van der Waals surface area contributed by atoms with Crippen LogP contribution in [0, 0.1) is 5.92 Å². The van der Waals surface area contributed by atoms with E-state index in [2.05, 4.69) is 18.7 Å². The van der Waals surface area contributed by atoms with Crippen LogP contribution in [0.25, 0.3) is 0 Å². The first-order chi connectivity index (χ1) is 7.77. The van der Waals surface area contributed by atoms with E-state index in [0.717, 1.165) is 31.8 Å². The Morgan fingerprint density at radius 2 is 1.81 bits per heavy atom. The van der Waals surface area contributed by atoms with Gasteiger partial charge in [-0.2, -0.15) is 0 Å². The van der Waals surface area contributed by atoms with Crippen LogP contribution < -0.4 is 0 Å². The number of unbranched alkanes of at least 4 members (excludes halogenated alkanes) is 3. The highest BCUT2D eigenvalue weighted by atomic mass is 16.2. The summed E-state index contributed by atoms with van der Waals surface area (Å²) in [6, 6.07) is 0. The van der Waals surface area contributed by atoms with Gasteiger partial charge in [0.1, 0.15) is 0 Å².